The van der Waals surface area contributed by atoms with E-state index >= 15 is 0 Å². The first-order valence-corrected chi connectivity index (χ1v) is 11.4. The maximum atomic E-state index is 4.21. The Hall–Kier alpha value is 0. The maximum absolute atomic E-state index is 4.21. The molecule has 148 valence electrons. The van der Waals surface area contributed by atoms with Crippen LogP contribution < -0.4 is 0 Å². The van der Waals surface area contributed by atoms with Crippen molar-refractivity contribution in [2.45, 2.75) is 129 Å². The SMILES string of the molecule is [CH2]C([CH2])([CH2])[C](CCCCCCCCCC)CCCCCCCCCC. The summed E-state index contributed by atoms with van der Waals surface area (Å²) in [6, 6.07) is 0. The second-order valence-electron chi connectivity index (χ2n) is 8.33. The molecule has 0 fully saturated rings. The highest BCUT2D eigenvalue weighted by atomic mass is 14.3. The Balaban J connectivity index is 3.67. The molecule has 0 rings (SSSR count). The van der Waals surface area contributed by atoms with E-state index in [2.05, 4.69) is 34.6 Å². The van der Waals surface area contributed by atoms with E-state index in [1.54, 1.807) is 0 Å². The van der Waals surface area contributed by atoms with Crippen LogP contribution in [0.5, 0.6) is 0 Å². The molecule has 0 saturated carbocycles. The highest BCUT2D eigenvalue weighted by Crippen LogP contribution is 2.35. The van der Waals surface area contributed by atoms with E-state index in [9.17, 15) is 0 Å². The van der Waals surface area contributed by atoms with Gasteiger partial charge in [-0.15, -0.1) is 0 Å². The van der Waals surface area contributed by atoms with Gasteiger partial charge in [0.25, 0.3) is 0 Å². The fourth-order valence-electron chi connectivity index (χ4n) is 3.60. The number of hydrogen-bond donors (Lipinski definition) is 0. The monoisotopic (exact) mass is 348 g/mol. The predicted octanol–water partition coefficient (Wildman–Crippen LogP) is 9.11. The molecule has 0 aromatic carbocycles. The zero-order chi connectivity index (χ0) is 18.8. The quantitative estimate of drug-likeness (QED) is 0.204. The minimum Gasteiger partial charge on any atom is -0.0654 e. The van der Waals surface area contributed by atoms with Crippen LogP contribution in [-0.2, 0) is 0 Å². The van der Waals surface area contributed by atoms with E-state index in [1.165, 1.54) is 121 Å². The second kappa shape index (κ2) is 17.4. The third-order valence-corrected chi connectivity index (χ3v) is 5.41. The molecule has 4 radical (unpaired) electrons. The Morgan fingerprint density at radius 3 is 1.04 bits per heavy atom. The van der Waals surface area contributed by atoms with Crippen LogP contribution in [0.3, 0.4) is 0 Å². The molecule has 0 nitrogen and oxygen atoms in total. The first-order valence-electron chi connectivity index (χ1n) is 11.4. The van der Waals surface area contributed by atoms with Gasteiger partial charge >= 0.3 is 0 Å². The molecule has 0 aromatic rings. The van der Waals surface area contributed by atoms with Gasteiger partial charge in [-0.05, 0) is 44.9 Å². The maximum Gasteiger partial charge on any atom is -0.0179 e. The molecule has 0 amide bonds. The standard InChI is InChI=1S/C25H48/c1-6-8-10-12-14-16-18-20-22-24(25(3,4)5)23-21-19-17-15-13-11-9-7-2/h3-23H2,1-2H3. The van der Waals surface area contributed by atoms with Crippen LogP contribution in [0.1, 0.15) is 129 Å². The van der Waals surface area contributed by atoms with Crippen molar-refractivity contribution < 1.29 is 0 Å². The lowest BCUT2D eigenvalue weighted by Crippen LogP contribution is -2.19. The summed E-state index contributed by atoms with van der Waals surface area (Å²) >= 11 is 0. The number of hydrogen-bond acceptors (Lipinski definition) is 0. The second-order valence-corrected chi connectivity index (χ2v) is 8.33. The number of unbranched alkanes of at least 4 members (excludes halogenated alkanes) is 14. The van der Waals surface area contributed by atoms with Gasteiger partial charge in [-0.1, -0.05) is 117 Å². The van der Waals surface area contributed by atoms with E-state index in [4.69, 9.17) is 0 Å². The lowest BCUT2D eigenvalue weighted by atomic mass is 9.75. The Labute approximate surface area is 161 Å². The summed E-state index contributed by atoms with van der Waals surface area (Å²) < 4.78 is 0. The molecule has 0 saturated heterocycles. The Kier molecular flexibility index (Phi) is 17.4. The Bertz CT molecular complexity index is 227. The lowest BCUT2D eigenvalue weighted by molar-refractivity contribution is 0.469. The van der Waals surface area contributed by atoms with Gasteiger partial charge in [0.2, 0.25) is 0 Å². The molecular weight excluding hydrogens is 300 g/mol. The summed E-state index contributed by atoms with van der Waals surface area (Å²) in [4.78, 5) is 0. The molecule has 0 aliphatic rings. The largest absolute Gasteiger partial charge is 0.0654 e. The summed E-state index contributed by atoms with van der Waals surface area (Å²) in [7, 11) is 0. The van der Waals surface area contributed by atoms with Crippen LogP contribution in [-0.4, -0.2) is 0 Å². The summed E-state index contributed by atoms with van der Waals surface area (Å²) in [6.45, 7) is 17.2. The fourth-order valence-corrected chi connectivity index (χ4v) is 3.60. The van der Waals surface area contributed by atoms with E-state index < -0.39 is 0 Å². The zero-order valence-corrected chi connectivity index (χ0v) is 17.8. The van der Waals surface area contributed by atoms with Crippen molar-refractivity contribution in [3.63, 3.8) is 0 Å². The van der Waals surface area contributed by atoms with Crippen molar-refractivity contribution in [2.75, 3.05) is 0 Å². The summed E-state index contributed by atoms with van der Waals surface area (Å²) in [5.74, 6) is 1.50. The number of rotatable bonds is 19. The molecule has 0 aliphatic carbocycles. The summed E-state index contributed by atoms with van der Waals surface area (Å²) in [6.07, 6.45) is 24.5. The first kappa shape index (κ1) is 25.0. The fraction of sp³-hybridized carbons (Fsp3) is 0.840. The van der Waals surface area contributed by atoms with Gasteiger partial charge in [0.15, 0.2) is 0 Å². The molecule has 0 bridgehead atoms. The highest BCUT2D eigenvalue weighted by molar-refractivity contribution is 5.12. The van der Waals surface area contributed by atoms with Crippen LogP contribution in [0, 0.1) is 32.1 Å². The van der Waals surface area contributed by atoms with Gasteiger partial charge in [0.05, 0.1) is 0 Å². The zero-order valence-electron chi connectivity index (χ0n) is 17.8. The topological polar surface area (TPSA) is 0 Å². The normalized spacial score (nSPS) is 12.2. The van der Waals surface area contributed by atoms with Crippen LogP contribution >= 0.6 is 0 Å². The highest BCUT2D eigenvalue weighted by Gasteiger charge is 2.24. The van der Waals surface area contributed by atoms with Crippen molar-refractivity contribution in [1.82, 2.24) is 0 Å². The van der Waals surface area contributed by atoms with Gasteiger partial charge in [-0.2, -0.15) is 0 Å². The minimum absolute atomic E-state index is 0.331. The van der Waals surface area contributed by atoms with E-state index in [-0.39, 0.29) is 5.41 Å². The average molecular weight is 349 g/mol. The van der Waals surface area contributed by atoms with Crippen molar-refractivity contribution in [2.24, 2.45) is 5.41 Å². The van der Waals surface area contributed by atoms with Crippen LogP contribution in [0.2, 0.25) is 0 Å². The van der Waals surface area contributed by atoms with E-state index in [1.807, 2.05) is 0 Å². The molecule has 0 N–H and O–H groups in total. The summed E-state index contributed by atoms with van der Waals surface area (Å²) in [5.41, 5.74) is -0.331. The van der Waals surface area contributed by atoms with E-state index in [0.29, 0.717) is 0 Å². The lowest BCUT2D eigenvalue weighted by Gasteiger charge is -2.30. The van der Waals surface area contributed by atoms with Gasteiger partial charge in [-0.25, -0.2) is 0 Å². The van der Waals surface area contributed by atoms with Crippen molar-refractivity contribution in [3.05, 3.63) is 26.7 Å². The van der Waals surface area contributed by atoms with Gasteiger partial charge in [-0.3, -0.25) is 0 Å². The van der Waals surface area contributed by atoms with E-state index in [0.717, 1.165) is 0 Å². The van der Waals surface area contributed by atoms with Crippen LogP contribution in [0.4, 0.5) is 0 Å². The Morgan fingerprint density at radius 2 is 0.760 bits per heavy atom. The van der Waals surface area contributed by atoms with Crippen molar-refractivity contribution >= 4 is 0 Å². The van der Waals surface area contributed by atoms with Crippen LogP contribution in [0.25, 0.3) is 0 Å². The average Bonchev–Trinajstić information content (AvgIpc) is 2.56. The van der Waals surface area contributed by atoms with Crippen molar-refractivity contribution in [3.8, 4) is 0 Å². The van der Waals surface area contributed by atoms with Gasteiger partial charge in [0, 0.05) is 0 Å². The molecule has 25 heavy (non-hydrogen) atoms. The molecule has 0 unspecified atom stereocenters. The predicted molar refractivity (Wildman–Crippen MR) is 116 cm³/mol. The molecule has 0 heteroatoms. The van der Waals surface area contributed by atoms with Crippen molar-refractivity contribution in [1.29, 1.82) is 0 Å². The molecule has 0 heterocycles. The molecule has 0 aliphatic heterocycles. The van der Waals surface area contributed by atoms with Crippen LogP contribution in [0.15, 0.2) is 0 Å². The van der Waals surface area contributed by atoms with Gasteiger partial charge in [0.1, 0.15) is 0 Å². The third kappa shape index (κ3) is 17.2. The molecule has 0 aromatic heterocycles. The molecular formula is C25H48. The summed E-state index contributed by atoms with van der Waals surface area (Å²) in [5, 5.41) is 0. The molecule has 0 atom stereocenters. The first-order chi connectivity index (χ1) is 12.0. The minimum atomic E-state index is -0.331. The van der Waals surface area contributed by atoms with Gasteiger partial charge < -0.3 is 0 Å². The molecule has 0 spiro atoms. The smallest absolute Gasteiger partial charge is 0.0179 e. The third-order valence-electron chi connectivity index (χ3n) is 5.41. The Morgan fingerprint density at radius 1 is 0.480 bits per heavy atom.